The summed E-state index contributed by atoms with van der Waals surface area (Å²) in [6, 6.07) is 7.01. The molecular weight excluding hydrogens is 288 g/mol. The van der Waals surface area contributed by atoms with Gasteiger partial charge in [0, 0.05) is 22.9 Å². The van der Waals surface area contributed by atoms with Gasteiger partial charge in [-0.05, 0) is 36.9 Å². The summed E-state index contributed by atoms with van der Waals surface area (Å²) in [6.07, 6.45) is 0.589. The molecule has 0 saturated heterocycles. The molecule has 0 radical (unpaired) electrons. The molecule has 0 saturated carbocycles. The fourth-order valence-corrected chi connectivity index (χ4v) is 3.12. The van der Waals surface area contributed by atoms with Crippen molar-refractivity contribution in [2.45, 2.75) is 19.4 Å². The number of nitrogens with one attached hydrogen (secondary N) is 1. The van der Waals surface area contributed by atoms with E-state index in [0.717, 1.165) is 17.0 Å². The number of rotatable bonds is 5. The molecule has 0 bridgehead atoms. The molecule has 2 aromatic rings. The summed E-state index contributed by atoms with van der Waals surface area (Å²) in [4.78, 5) is 1.04. The van der Waals surface area contributed by atoms with Gasteiger partial charge >= 0.3 is 0 Å². The summed E-state index contributed by atoms with van der Waals surface area (Å²) in [6.45, 7) is 2.62. The molecule has 19 heavy (non-hydrogen) atoms. The number of hydrogen-bond acceptors (Lipinski definition) is 2. The summed E-state index contributed by atoms with van der Waals surface area (Å²) in [7, 11) is 0. The van der Waals surface area contributed by atoms with Crippen LogP contribution >= 0.6 is 22.9 Å². The Morgan fingerprint density at radius 1 is 1.26 bits per heavy atom. The Kier molecular flexibility index (Phi) is 4.91. The minimum absolute atomic E-state index is 0.254. The Bertz CT molecular complexity index is 556. The third-order valence-corrected chi connectivity index (χ3v) is 4.07. The summed E-state index contributed by atoms with van der Waals surface area (Å²) >= 11 is 7.34. The molecule has 2 rings (SSSR count). The van der Waals surface area contributed by atoms with Crippen LogP contribution in [0.15, 0.2) is 30.3 Å². The summed E-state index contributed by atoms with van der Waals surface area (Å²) in [5.41, 5.74) is 0.353. The van der Waals surface area contributed by atoms with E-state index in [1.54, 1.807) is 0 Å². The maximum atomic E-state index is 13.8. The van der Waals surface area contributed by atoms with Gasteiger partial charge in [-0.25, -0.2) is 8.78 Å². The van der Waals surface area contributed by atoms with Crippen molar-refractivity contribution in [2.24, 2.45) is 0 Å². The largest absolute Gasteiger partial charge is 0.310 e. The Labute approximate surface area is 120 Å². The van der Waals surface area contributed by atoms with Crippen LogP contribution in [0.25, 0.3) is 0 Å². The lowest BCUT2D eigenvalue weighted by Crippen LogP contribution is -2.23. The molecule has 0 aliphatic heterocycles. The van der Waals surface area contributed by atoms with Crippen LogP contribution in [-0.4, -0.2) is 6.54 Å². The monoisotopic (exact) mass is 301 g/mol. The van der Waals surface area contributed by atoms with Crippen molar-refractivity contribution in [1.82, 2.24) is 5.32 Å². The Morgan fingerprint density at radius 3 is 2.68 bits per heavy atom. The van der Waals surface area contributed by atoms with Crippen LogP contribution in [0, 0.1) is 11.6 Å². The van der Waals surface area contributed by atoms with Crippen LogP contribution in [0.4, 0.5) is 8.78 Å². The first kappa shape index (κ1) is 14.4. The van der Waals surface area contributed by atoms with E-state index in [-0.39, 0.29) is 6.04 Å². The molecule has 5 heteroatoms. The van der Waals surface area contributed by atoms with Crippen molar-refractivity contribution in [1.29, 1.82) is 0 Å². The first-order chi connectivity index (χ1) is 9.10. The molecule has 0 amide bonds. The third-order valence-electron chi connectivity index (χ3n) is 2.82. The predicted octanol–water partition coefficient (Wildman–Crippen LogP) is 4.57. The maximum absolute atomic E-state index is 13.8. The second kappa shape index (κ2) is 6.46. The minimum Gasteiger partial charge on any atom is -0.310 e. The molecule has 1 N–H and O–H groups in total. The van der Waals surface area contributed by atoms with Crippen LogP contribution in [0.2, 0.25) is 4.34 Å². The van der Waals surface area contributed by atoms with Crippen LogP contribution in [-0.2, 0) is 6.42 Å². The molecule has 1 aromatic carbocycles. The molecular formula is C14H14ClF2NS. The van der Waals surface area contributed by atoms with Gasteiger partial charge in [-0.2, -0.15) is 0 Å². The number of likely N-dealkylation sites (N-methyl/N-ethyl adjacent to an activating group) is 1. The highest BCUT2D eigenvalue weighted by Crippen LogP contribution is 2.28. The average molecular weight is 302 g/mol. The van der Waals surface area contributed by atoms with Crippen LogP contribution in [0.3, 0.4) is 0 Å². The Balaban J connectivity index is 2.26. The smallest absolute Gasteiger partial charge is 0.128 e. The maximum Gasteiger partial charge on any atom is 0.128 e. The zero-order valence-electron chi connectivity index (χ0n) is 10.4. The third kappa shape index (κ3) is 3.75. The van der Waals surface area contributed by atoms with E-state index in [1.165, 1.54) is 17.4 Å². The Morgan fingerprint density at radius 2 is 2.05 bits per heavy atom. The van der Waals surface area contributed by atoms with E-state index < -0.39 is 11.6 Å². The van der Waals surface area contributed by atoms with Gasteiger partial charge in [0.05, 0.1) is 4.34 Å². The van der Waals surface area contributed by atoms with Crippen LogP contribution < -0.4 is 5.32 Å². The molecule has 1 unspecified atom stereocenters. The van der Waals surface area contributed by atoms with E-state index in [2.05, 4.69) is 5.32 Å². The van der Waals surface area contributed by atoms with Gasteiger partial charge in [0.15, 0.2) is 0 Å². The van der Waals surface area contributed by atoms with Crippen LogP contribution in [0.5, 0.6) is 0 Å². The molecule has 0 fully saturated rings. The first-order valence-electron chi connectivity index (χ1n) is 6.02. The van der Waals surface area contributed by atoms with E-state index in [4.69, 9.17) is 11.6 Å². The molecule has 1 heterocycles. The highest BCUT2D eigenvalue weighted by atomic mass is 35.5. The van der Waals surface area contributed by atoms with E-state index >= 15 is 0 Å². The van der Waals surface area contributed by atoms with Gasteiger partial charge < -0.3 is 5.32 Å². The normalized spacial score (nSPS) is 12.6. The van der Waals surface area contributed by atoms with Crippen LogP contribution in [0.1, 0.15) is 23.4 Å². The van der Waals surface area contributed by atoms with Crippen molar-refractivity contribution in [3.63, 3.8) is 0 Å². The predicted molar refractivity (Wildman–Crippen MR) is 75.8 cm³/mol. The van der Waals surface area contributed by atoms with Gasteiger partial charge in [0.1, 0.15) is 11.6 Å². The second-order valence-corrected chi connectivity index (χ2v) is 5.99. The molecule has 0 spiro atoms. The zero-order chi connectivity index (χ0) is 13.8. The van der Waals surface area contributed by atoms with Gasteiger partial charge in [0.25, 0.3) is 0 Å². The molecule has 1 nitrogen and oxygen atoms in total. The van der Waals surface area contributed by atoms with Crippen molar-refractivity contribution < 1.29 is 8.78 Å². The van der Waals surface area contributed by atoms with Crippen molar-refractivity contribution in [2.75, 3.05) is 6.54 Å². The summed E-state index contributed by atoms with van der Waals surface area (Å²) in [5, 5.41) is 3.18. The number of hydrogen-bond donors (Lipinski definition) is 1. The van der Waals surface area contributed by atoms with Gasteiger partial charge in [-0.15, -0.1) is 11.3 Å². The highest BCUT2D eigenvalue weighted by Gasteiger charge is 2.17. The molecule has 1 atom stereocenters. The summed E-state index contributed by atoms with van der Waals surface area (Å²) in [5.74, 6) is -0.821. The summed E-state index contributed by atoms with van der Waals surface area (Å²) < 4.78 is 27.8. The number of halogens is 3. The molecule has 0 aliphatic rings. The van der Waals surface area contributed by atoms with Gasteiger partial charge in [-0.3, -0.25) is 0 Å². The molecule has 0 aliphatic carbocycles. The van der Waals surface area contributed by atoms with Crippen molar-refractivity contribution >= 4 is 22.9 Å². The van der Waals surface area contributed by atoms with Gasteiger partial charge in [0.2, 0.25) is 0 Å². The van der Waals surface area contributed by atoms with E-state index in [1.807, 2.05) is 19.1 Å². The molecule has 1 aromatic heterocycles. The van der Waals surface area contributed by atoms with Crippen molar-refractivity contribution in [3.05, 3.63) is 56.7 Å². The second-order valence-electron chi connectivity index (χ2n) is 4.19. The minimum atomic E-state index is -0.427. The lowest BCUT2D eigenvalue weighted by molar-refractivity contribution is 0.504. The number of benzene rings is 1. The lowest BCUT2D eigenvalue weighted by atomic mass is 10.0. The SMILES string of the molecule is CCNC(Cc1ccc(Cl)s1)c1cc(F)ccc1F. The van der Waals surface area contributed by atoms with Gasteiger partial charge in [-0.1, -0.05) is 18.5 Å². The highest BCUT2D eigenvalue weighted by molar-refractivity contribution is 7.16. The average Bonchev–Trinajstić information content (AvgIpc) is 2.77. The fourth-order valence-electron chi connectivity index (χ4n) is 1.98. The van der Waals surface area contributed by atoms with E-state index in [9.17, 15) is 8.78 Å². The Hall–Kier alpha value is -0.970. The fraction of sp³-hybridized carbons (Fsp3) is 0.286. The van der Waals surface area contributed by atoms with E-state index in [0.29, 0.717) is 22.9 Å². The standard InChI is InChI=1S/C14H14ClF2NS/c1-2-18-13(8-10-4-6-14(15)19-10)11-7-9(16)3-5-12(11)17/h3-7,13,18H,2,8H2,1H3. The zero-order valence-corrected chi connectivity index (χ0v) is 12.0. The topological polar surface area (TPSA) is 12.0 Å². The first-order valence-corrected chi connectivity index (χ1v) is 7.22. The lowest BCUT2D eigenvalue weighted by Gasteiger charge is -2.18. The molecule has 102 valence electrons. The van der Waals surface area contributed by atoms with Crippen molar-refractivity contribution in [3.8, 4) is 0 Å². The number of thiophene rings is 1. The quantitative estimate of drug-likeness (QED) is 0.853.